The van der Waals surface area contributed by atoms with E-state index in [1.807, 2.05) is 0 Å². The molecular formula is C16H12F2N4O2S. The van der Waals surface area contributed by atoms with Crippen LogP contribution in [-0.4, -0.2) is 32.8 Å². The molecule has 0 amide bonds. The van der Waals surface area contributed by atoms with E-state index >= 15 is 0 Å². The number of ether oxygens (including phenoxy) is 1. The van der Waals surface area contributed by atoms with Crippen LogP contribution in [0.25, 0.3) is 11.5 Å². The first kappa shape index (κ1) is 17.0. The van der Waals surface area contributed by atoms with Gasteiger partial charge in [0, 0.05) is 13.2 Å². The summed E-state index contributed by atoms with van der Waals surface area (Å²) >= 11 is 0.770. The van der Waals surface area contributed by atoms with E-state index in [9.17, 15) is 13.6 Å². The second kappa shape index (κ2) is 6.98. The van der Waals surface area contributed by atoms with Crippen molar-refractivity contribution in [2.45, 2.75) is 10.1 Å². The van der Waals surface area contributed by atoms with E-state index in [0.717, 1.165) is 31.0 Å². The highest BCUT2D eigenvalue weighted by Crippen LogP contribution is 2.33. The second-order valence-electron chi connectivity index (χ2n) is 4.94. The molecule has 6 nitrogen and oxygen atoms in total. The lowest BCUT2D eigenvalue weighted by molar-refractivity contribution is 0.0599. The summed E-state index contributed by atoms with van der Waals surface area (Å²) in [4.78, 5) is 15.3. The Hall–Kier alpha value is -2.81. The van der Waals surface area contributed by atoms with Crippen LogP contribution in [0.1, 0.15) is 10.4 Å². The van der Waals surface area contributed by atoms with Gasteiger partial charge in [0.15, 0.2) is 11.0 Å². The first-order valence-electron chi connectivity index (χ1n) is 7.07. The molecule has 0 aliphatic rings. The Balaban J connectivity index is 1.94. The molecule has 0 aliphatic heterocycles. The number of methoxy groups -OCH3 is 1. The van der Waals surface area contributed by atoms with Gasteiger partial charge in [-0.05, 0) is 36.0 Å². The summed E-state index contributed by atoms with van der Waals surface area (Å²) in [5, 5.41) is 8.25. The first-order valence-corrected chi connectivity index (χ1v) is 7.89. The molecule has 0 aliphatic carbocycles. The number of pyridine rings is 1. The van der Waals surface area contributed by atoms with Crippen LogP contribution in [0, 0.1) is 11.6 Å². The molecule has 128 valence electrons. The van der Waals surface area contributed by atoms with E-state index in [1.165, 1.54) is 0 Å². The maximum atomic E-state index is 14.2. The van der Waals surface area contributed by atoms with Crippen molar-refractivity contribution in [2.24, 2.45) is 7.05 Å². The van der Waals surface area contributed by atoms with Crippen LogP contribution in [0.15, 0.2) is 46.6 Å². The number of rotatable bonds is 4. The molecule has 0 fully saturated rings. The monoisotopic (exact) mass is 362 g/mol. The summed E-state index contributed by atoms with van der Waals surface area (Å²) in [6.45, 7) is 0. The fraction of sp³-hybridized carbons (Fsp3) is 0.125. The van der Waals surface area contributed by atoms with Crippen LogP contribution in [0.2, 0.25) is 0 Å². The Labute approximate surface area is 145 Å². The molecule has 3 rings (SSSR count). The zero-order valence-electron chi connectivity index (χ0n) is 13.2. The van der Waals surface area contributed by atoms with Gasteiger partial charge in [-0.3, -0.25) is 4.98 Å². The number of carbonyl (C=O) groups excluding carboxylic acids is 1. The van der Waals surface area contributed by atoms with Crippen LogP contribution in [-0.2, 0) is 11.8 Å². The molecule has 0 saturated carbocycles. The summed E-state index contributed by atoms with van der Waals surface area (Å²) in [5.41, 5.74) is 0.389. The zero-order valence-corrected chi connectivity index (χ0v) is 14.1. The lowest BCUT2D eigenvalue weighted by Gasteiger charge is -2.07. The van der Waals surface area contributed by atoms with Crippen molar-refractivity contribution in [1.82, 2.24) is 19.7 Å². The molecular weight excluding hydrogens is 350 g/mol. The predicted octanol–water partition coefficient (Wildman–Crippen LogP) is 3.09. The summed E-state index contributed by atoms with van der Waals surface area (Å²) in [6.07, 6.45) is 1.61. The van der Waals surface area contributed by atoms with Crippen molar-refractivity contribution in [1.29, 1.82) is 0 Å². The van der Waals surface area contributed by atoms with Gasteiger partial charge < -0.3 is 9.30 Å². The van der Waals surface area contributed by atoms with Crippen LogP contribution in [0.4, 0.5) is 8.78 Å². The van der Waals surface area contributed by atoms with Crippen molar-refractivity contribution < 1.29 is 18.3 Å². The number of halogens is 2. The topological polar surface area (TPSA) is 69.9 Å². The van der Waals surface area contributed by atoms with E-state index < -0.39 is 17.6 Å². The number of hydrogen-bond acceptors (Lipinski definition) is 6. The number of esters is 1. The SMILES string of the molecule is COC(=O)c1cc(F)c(Sc2nnc(-c3ccccn3)n2C)c(F)c1. The van der Waals surface area contributed by atoms with Gasteiger partial charge in [0.1, 0.15) is 17.3 Å². The van der Waals surface area contributed by atoms with Crippen molar-refractivity contribution in [2.75, 3.05) is 7.11 Å². The molecule has 25 heavy (non-hydrogen) atoms. The minimum atomic E-state index is -0.882. The predicted molar refractivity (Wildman–Crippen MR) is 86.1 cm³/mol. The maximum absolute atomic E-state index is 14.2. The highest BCUT2D eigenvalue weighted by atomic mass is 32.2. The molecule has 0 saturated heterocycles. The normalized spacial score (nSPS) is 10.7. The number of aromatic nitrogens is 4. The summed E-state index contributed by atoms with van der Waals surface area (Å²) in [5.74, 6) is -2.11. The zero-order chi connectivity index (χ0) is 18.0. The fourth-order valence-corrected chi connectivity index (χ4v) is 2.91. The maximum Gasteiger partial charge on any atom is 0.338 e. The highest BCUT2D eigenvalue weighted by Gasteiger charge is 2.20. The van der Waals surface area contributed by atoms with E-state index in [2.05, 4.69) is 19.9 Å². The van der Waals surface area contributed by atoms with Gasteiger partial charge in [0.2, 0.25) is 0 Å². The number of carbonyl (C=O) groups is 1. The Kier molecular flexibility index (Phi) is 4.75. The molecule has 0 spiro atoms. The lowest BCUT2D eigenvalue weighted by Crippen LogP contribution is -2.04. The van der Waals surface area contributed by atoms with Gasteiger partial charge in [0.05, 0.1) is 17.6 Å². The van der Waals surface area contributed by atoms with Crippen molar-refractivity contribution >= 4 is 17.7 Å². The van der Waals surface area contributed by atoms with Gasteiger partial charge in [-0.1, -0.05) is 6.07 Å². The minimum absolute atomic E-state index is 0.200. The highest BCUT2D eigenvalue weighted by molar-refractivity contribution is 7.99. The van der Waals surface area contributed by atoms with Gasteiger partial charge in [0.25, 0.3) is 0 Å². The molecule has 2 heterocycles. The molecule has 3 aromatic rings. The smallest absolute Gasteiger partial charge is 0.338 e. The van der Waals surface area contributed by atoms with Crippen LogP contribution >= 0.6 is 11.8 Å². The summed E-state index contributed by atoms with van der Waals surface area (Å²) in [7, 11) is 2.81. The number of nitrogens with zero attached hydrogens (tertiary/aromatic N) is 4. The van der Waals surface area contributed by atoms with E-state index in [4.69, 9.17) is 0 Å². The van der Waals surface area contributed by atoms with E-state index in [-0.39, 0.29) is 15.6 Å². The lowest BCUT2D eigenvalue weighted by atomic mass is 10.2. The average Bonchev–Trinajstić information content (AvgIpc) is 2.98. The molecule has 0 atom stereocenters. The third-order valence-corrected chi connectivity index (χ3v) is 4.47. The Morgan fingerprint density at radius 2 is 1.92 bits per heavy atom. The molecule has 0 N–H and O–H groups in total. The van der Waals surface area contributed by atoms with Crippen molar-refractivity contribution in [3.05, 3.63) is 53.7 Å². The molecule has 0 unspecified atom stereocenters. The van der Waals surface area contributed by atoms with E-state index in [0.29, 0.717) is 11.5 Å². The second-order valence-corrected chi connectivity index (χ2v) is 5.92. The standard InChI is InChI=1S/C16H12F2N4O2S/c1-22-14(12-5-3-4-6-19-12)20-21-16(22)25-13-10(17)7-9(8-11(13)18)15(23)24-2/h3-8H,1-2H3. The number of hydrogen-bond donors (Lipinski definition) is 0. The third-order valence-electron chi connectivity index (χ3n) is 3.34. The van der Waals surface area contributed by atoms with Crippen LogP contribution in [0.5, 0.6) is 0 Å². The quantitative estimate of drug-likeness (QED) is 0.665. The van der Waals surface area contributed by atoms with Gasteiger partial charge >= 0.3 is 5.97 Å². The largest absolute Gasteiger partial charge is 0.465 e. The minimum Gasteiger partial charge on any atom is -0.465 e. The Morgan fingerprint density at radius 3 is 2.52 bits per heavy atom. The Bertz CT molecular complexity index is 908. The van der Waals surface area contributed by atoms with Gasteiger partial charge in [-0.15, -0.1) is 10.2 Å². The van der Waals surface area contributed by atoms with Crippen LogP contribution < -0.4 is 0 Å². The Morgan fingerprint density at radius 1 is 1.20 bits per heavy atom. The number of benzene rings is 1. The molecule has 9 heteroatoms. The van der Waals surface area contributed by atoms with Gasteiger partial charge in [-0.25, -0.2) is 13.6 Å². The van der Waals surface area contributed by atoms with Crippen molar-refractivity contribution in [3.63, 3.8) is 0 Å². The van der Waals surface area contributed by atoms with Crippen LogP contribution in [0.3, 0.4) is 0 Å². The van der Waals surface area contributed by atoms with Crippen molar-refractivity contribution in [3.8, 4) is 11.5 Å². The van der Waals surface area contributed by atoms with E-state index in [1.54, 1.807) is 36.0 Å². The summed E-state index contributed by atoms with van der Waals surface area (Å²) < 4.78 is 34.5. The third kappa shape index (κ3) is 3.36. The molecule has 1 aromatic carbocycles. The first-order chi connectivity index (χ1) is 12.0. The molecule has 0 radical (unpaired) electrons. The average molecular weight is 362 g/mol. The molecule has 0 bridgehead atoms. The summed E-state index contributed by atoms with van der Waals surface area (Å²) in [6, 6.07) is 7.17. The van der Waals surface area contributed by atoms with Gasteiger partial charge in [-0.2, -0.15) is 0 Å². The molecule has 2 aromatic heterocycles. The fourth-order valence-electron chi connectivity index (χ4n) is 2.11.